The van der Waals surface area contributed by atoms with Crippen LogP contribution < -0.4 is 5.32 Å². The monoisotopic (exact) mass is 219 g/mol. The van der Waals surface area contributed by atoms with Crippen LogP contribution in [0.25, 0.3) is 0 Å². The van der Waals surface area contributed by atoms with E-state index in [-0.39, 0.29) is 0 Å². The summed E-state index contributed by atoms with van der Waals surface area (Å²) in [5, 5.41) is 13.5. The standard InChI is InChI=1S/C14H21NO/c1-14(2,16)12-6-3-5-11(9-12)10-13-7-4-8-15-13/h3,5-6,9,13,15-16H,4,7-8,10H2,1-2H3. The first-order valence-electron chi connectivity index (χ1n) is 6.11. The van der Waals surface area contributed by atoms with Gasteiger partial charge in [0.05, 0.1) is 5.60 Å². The Bertz CT molecular complexity index is 348. The molecule has 0 saturated carbocycles. The number of hydrogen-bond donors (Lipinski definition) is 2. The summed E-state index contributed by atoms with van der Waals surface area (Å²) in [7, 11) is 0. The molecule has 2 nitrogen and oxygen atoms in total. The lowest BCUT2D eigenvalue weighted by molar-refractivity contribution is 0.0785. The molecular formula is C14H21NO. The van der Waals surface area contributed by atoms with Gasteiger partial charge in [0.15, 0.2) is 0 Å². The van der Waals surface area contributed by atoms with Crippen molar-refractivity contribution in [3.05, 3.63) is 35.4 Å². The largest absolute Gasteiger partial charge is 0.386 e. The number of hydrogen-bond acceptors (Lipinski definition) is 2. The van der Waals surface area contributed by atoms with E-state index in [1.807, 2.05) is 26.0 Å². The van der Waals surface area contributed by atoms with Crippen LogP contribution in [0, 0.1) is 0 Å². The minimum absolute atomic E-state index is 0.622. The zero-order chi connectivity index (χ0) is 11.6. The molecule has 2 heteroatoms. The Morgan fingerprint density at radius 1 is 1.44 bits per heavy atom. The summed E-state index contributed by atoms with van der Waals surface area (Å²) in [5.41, 5.74) is 1.58. The Balaban J connectivity index is 2.09. The van der Waals surface area contributed by atoms with E-state index in [9.17, 15) is 5.11 Å². The Morgan fingerprint density at radius 3 is 2.88 bits per heavy atom. The van der Waals surface area contributed by atoms with Crippen molar-refractivity contribution < 1.29 is 5.11 Å². The molecule has 1 fully saturated rings. The highest BCUT2D eigenvalue weighted by molar-refractivity contribution is 5.28. The first kappa shape index (κ1) is 11.6. The molecule has 0 spiro atoms. The molecule has 16 heavy (non-hydrogen) atoms. The van der Waals surface area contributed by atoms with E-state index in [2.05, 4.69) is 17.4 Å². The van der Waals surface area contributed by atoms with Crippen LogP contribution in [0.5, 0.6) is 0 Å². The van der Waals surface area contributed by atoms with Crippen molar-refractivity contribution in [3.8, 4) is 0 Å². The molecule has 0 aromatic heterocycles. The second-order valence-electron chi connectivity index (χ2n) is 5.26. The molecule has 2 N–H and O–H groups in total. The molecule has 0 aliphatic carbocycles. The number of nitrogens with one attached hydrogen (secondary N) is 1. The molecule has 1 atom stereocenters. The number of aliphatic hydroxyl groups is 1. The van der Waals surface area contributed by atoms with Crippen LogP contribution in [0.4, 0.5) is 0 Å². The van der Waals surface area contributed by atoms with Gasteiger partial charge in [0, 0.05) is 6.04 Å². The molecule has 1 aliphatic heterocycles. The van der Waals surface area contributed by atoms with Gasteiger partial charge < -0.3 is 10.4 Å². The summed E-state index contributed by atoms with van der Waals surface area (Å²) >= 11 is 0. The molecule has 88 valence electrons. The molecule has 1 aromatic carbocycles. The molecule has 1 heterocycles. The van der Waals surface area contributed by atoms with Crippen LogP contribution in [-0.4, -0.2) is 17.7 Å². The van der Waals surface area contributed by atoms with E-state index in [0.717, 1.165) is 18.5 Å². The van der Waals surface area contributed by atoms with Crippen LogP contribution in [0.3, 0.4) is 0 Å². The van der Waals surface area contributed by atoms with Crippen LogP contribution in [0.2, 0.25) is 0 Å². The van der Waals surface area contributed by atoms with Crippen molar-refractivity contribution in [2.45, 2.75) is 44.8 Å². The maximum absolute atomic E-state index is 9.96. The van der Waals surface area contributed by atoms with Gasteiger partial charge in [-0.1, -0.05) is 24.3 Å². The summed E-state index contributed by atoms with van der Waals surface area (Å²) in [6, 6.07) is 8.93. The zero-order valence-corrected chi connectivity index (χ0v) is 10.2. The number of benzene rings is 1. The predicted octanol–water partition coefficient (Wildman–Crippen LogP) is 2.21. The van der Waals surface area contributed by atoms with Gasteiger partial charge in [-0.25, -0.2) is 0 Å². The van der Waals surface area contributed by atoms with Crippen molar-refractivity contribution >= 4 is 0 Å². The fraction of sp³-hybridized carbons (Fsp3) is 0.571. The second-order valence-corrected chi connectivity index (χ2v) is 5.26. The van der Waals surface area contributed by atoms with Crippen molar-refractivity contribution in [2.75, 3.05) is 6.54 Å². The molecular weight excluding hydrogens is 198 g/mol. The van der Waals surface area contributed by atoms with E-state index in [1.165, 1.54) is 18.4 Å². The van der Waals surface area contributed by atoms with Gasteiger partial charge in [-0.3, -0.25) is 0 Å². The quantitative estimate of drug-likeness (QED) is 0.817. The van der Waals surface area contributed by atoms with Crippen molar-refractivity contribution in [3.63, 3.8) is 0 Å². The van der Waals surface area contributed by atoms with Gasteiger partial charge in [-0.05, 0) is 50.8 Å². The van der Waals surface area contributed by atoms with Gasteiger partial charge in [-0.2, -0.15) is 0 Å². The third-order valence-corrected chi connectivity index (χ3v) is 3.28. The van der Waals surface area contributed by atoms with E-state index in [0.29, 0.717) is 6.04 Å². The fourth-order valence-electron chi connectivity index (χ4n) is 2.29. The topological polar surface area (TPSA) is 32.3 Å². The van der Waals surface area contributed by atoms with Crippen molar-refractivity contribution in [2.24, 2.45) is 0 Å². The molecule has 1 unspecified atom stereocenters. The van der Waals surface area contributed by atoms with E-state index >= 15 is 0 Å². The second kappa shape index (κ2) is 4.56. The van der Waals surface area contributed by atoms with Gasteiger partial charge in [0.2, 0.25) is 0 Å². The summed E-state index contributed by atoms with van der Waals surface area (Å²) in [5.74, 6) is 0. The van der Waals surface area contributed by atoms with Crippen molar-refractivity contribution in [1.82, 2.24) is 5.32 Å². The molecule has 1 aromatic rings. The minimum Gasteiger partial charge on any atom is -0.386 e. The molecule has 1 aliphatic rings. The maximum atomic E-state index is 9.96. The van der Waals surface area contributed by atoms with Gasteiger partial charge in [0.25, 0.3) is 0 Å². The average molecular weight is 219 g/mol. The Morgan fingerprint density at radius 2 is 2.25 bits per heavy atom. The predicted molar refractivity (Wildman–Crippen MR) is 66.4 cm³/mol. The molecule has 0 bridgehead atoms. The van der Waals surface area contributed by atoms with Crippen LogP contribution >= 0.6 is 0 Å². The van der Waals surface area contributed by atoms with Crippen LogP contribution in [0.1, 0.15) is 37.8 Å². The SMILES string of the molecule is CC(C)(O)c1cccc(CC2CCCN2)c1. The lowest BCUT2D eigenvalue weighted by Crippen LogP contribution is -2.24. The highest BCUT2D eigenvalue weighted by Crippen LogP contribution is 2.21. The molecule has 0 radical (unpaired) electrons. The third kappa shape index (κ3) is 2.83. The summed E-state index contributed by atoms with van der Waals surface area (Å²) in [6.45, 7) is 4.82. The lowest BCUT2D eigenvalue weighted by Gasteiger charge is -2.19. The number of rotatable bonds is 3. The highest BCUT2D eigenvalue weighted by Gasteiger charge is 2.18. The normalized spacial score (nSPS) is 21.3. The maximum Gasteiger partial charge on any atom is 0.0840 e. The summed E-state index contributed by atoms with van der Waals surface area (Å²) < 4.78 is 0. The van der Waals surface area contributed by atoms with Gasteiger partial charge >= 0.3 is 0 Å². The molecule has 0 amide bonds. The minimum atomic E-state index is -0.737. The van der Waals surface area contributed by atoms with Crippen molar-refractivity contribution in [1.29, 1.82) is 0 Å². The van der Waals surface area contributed by atoms with Gasteiger partial charge in [0.1, 0.15) is 0 Å². The Hall–Kier alpha value is -0.860. The lowest BCUT2D eigenvalue weighted by atomic mass is 9.94. The first-order chi connectivity index (χ1) is 7.55. The highest BCUT2D eigenvalue weighted by atomic mass is 16.3. The van der Waals surface area contributed by atoms with E-state index in [4.69, 9.17) is 0 Å². The van der Waals surface area contributed by atoms with Gasteiger partial charge in [-0.15, -0.1) is 0 Å². The first-order valence-corrected chi connectivity index (χ1v) is 6.11. The average Bonchev–Trinajstić information content (AvgIpc) is 2.70. The van der Waals surface area contributed by atoms with Crippen LogP contribution in [-0.2, 0) is 12.0 Å². The summed E-state index contributed by atoms with van der Waals surface area (Å²) in [4.78, 5) is 0. The molecule has 2 rings (SSSR count). The van der Waals surface area contributed by atoms with Crippen LogP contribution in [0.15, 0.2) is 24.3 Å². The fourth-order valence-corrected chi connectivity index (χ4v) is 2.29. The Labute approximate surface area is 97.7 Å². The van der Waals surface area contributed by atoms with E-state index in [1.54, 1.807) is 0 Å². The zero-order valence-electron chi connectivity index (χ0n) is 10.2. The smallest absolute Gasteiger partial charge is 0.0840 e. The summed E-state index contributed by atoms with van der Waals surface area (Å²) in [6.07, 6.45) is 3.63. The Kier molecular flexibility index (Phi) is 3.31. The molecule has 1 saturated heterocycles. The van der Waals surface area contributed by atoms with E-state index < -0.39 is 5.60 Å². The third-order valence-electron chi connectivity index (χ3n) is 3.28.